The molecular weight excluding hydrogens is 348 g/mol. The number of amides is 1. The number of rotatable bonds is 6. The van der Waals surface area contributed by atoms with Crippen molar-refractivity contribution in [3.63, 3.8) is 0 Å². The Balaban J connectivity index is 1.94. The molecule has 0 heterocycles. The van der Waals surface area contributed by atoms with Gasteiger partial charge in [0.15, 0.2) is 6.10 Å². The Morgan fingerprint density at radius 2 is 1.80 bits per heavy atom. The highest BCUT2D eigenvalue weighted by Crippen LogP contribution is 2.29. The molecule has 1 atom stereocenters. The van der Waals surface area contributed by atoms with Gasteiger partial charge < -0.3 is 10.1 Å². The van der Waals surface area contributed by atoms with Crippen LogP contribution in [0.2, 0.25) is 0 Å². The molecule has 0 saturated heterocycles. The molecule has 4 nitrogen and oxygen atoms in total. The number of carbonyl (C=O) groups excluding carboxylic acids is 2. The molecule has 1 saturated carbocycles. The lowest BCUT2D eigenvalue weighted by atomic mass is 10.1. The van der Waals surface area contributed by atoms with Crippen LogP contribution in [0.5, 0.6) is 0 Å². The molecule has 1 amide bonds. The van der Waals surface area contributed by atoms with Crippen LogP contribution < -0.4 is 5.32 Å². The number of hydrogen-bond donors (Lipinski definition) is 1. The molecule has 1 aliphatic carbocycles. The van der Waals surface area contributed by atoms with Crippen LogP contribution in [-0.2, 0) is 9.53 Å². The van der Waals surface area contributed by atoms with Gasteiger partial charge in [-0.15, -0.1) is 0 Å². The van der Waals surface area contributed by atoms with Gasteiger partial charge in [0.05, 0.1) is 5.56 Å². The van der Waals surface area contributed by atoms with Gasteiger partial charge in [-0.25, -0.2) is 4.79 Å². The Morgan fingerprint density at radius 1 is 1.16 bits per heavy atom. The highest BCUT2D eigenvalue weighted by Gasteiger charge is 2.24. The van der Waals surface area contributed by atoms with E-state index in [9.17, 15) is 18.4 Å². The lowest BCUT2D eigenvalue weighted by molar-refractivity contribution is -0.129. The van der Waals surface area contributed by atoms with Crippen molar-refractivity contribution in [2.45, 2.75) is 68.2 Å². The van der Waals surface area contributed by atoms with Crippen molar-refractivity contribution in [2.75, 3.05) is 0 Å². The minimum absolute atomic E-state index is 0.0434. The summed E-state index contributed by atoms with van der Waals surface area (Å²) in [5.74, 6) is -3.75. The predicted octanol–water partition coefficient (Wildman–Crippen LogP) is 4.39. The van der Waals surface area contributed by atoms with Crippen LogP contribution in [0.3, 0.4) is 0 Å². The van der Waals surface area contributed by atoms with Crippen molar-refractivity contribution in [3.8, 4) is 0 Å². The number of nitrogens with one attached hydrogen (secondary N) is 1. The zero-order chi connectivity index (χ0) is 18.2. The van der Waals surface area contributed by atoms with Gasteiger partial charge in [-0.05, 0) is 31.9 Å². The smallest absolute Gasteiger partial charge is 0.340 e. The molecule has 1 aromatic carbocycles. The molecule has 2 rings (SSSR count). The maximum atomic E-state index is 12.6. The first-order chi connectivity index (χ1) is 12.0. The summed E-state index contributed by atoms with van der Waals surface area (Å²) in [5, 5.41) is 2.92. The van der Waals surface area contributed by atoms with Crippen LogP contribution in [-0.4, -0.2) is 29.8 Å². The van der Waals surface area contributed by atoms with Crippen LogP contribution in [0.1, 0.15) is 55.8 Å². The van der Waals surface area contributed by atoms with Gasteiger partial charge in [0.2, 0.25) is 0 Å². The molecule has 0 aromatic heterocycles. The first-order valence-corrected chi connectivity index (χ1v) is 9.40. The van der Waals surface area contributed by atoms with Crippen LogP contribution in [0.15, 0.2) is 29.2 Å². The quantitative estimate of drug-likeness (QED) is 0.458. The molecule has 0 unspecified atom stereocenters. The SMILES string of the molecule is C[C@H](OC(=O)c1ccccc1SC(F)F)C(=O)NC1CCCCCC1. The molecule has 1 fully saturated rings. The minimum Gasteiger partial charge on any atom is -0.449 e. The highest BCUT2D eigenvalue weighted by molar-refractivity contribution is 7.99. The number of esters is 1. The van der Waals surface area contributed by atoms with Gasteiger partial charge in [-0.3, -0.25) is 4.79 Å². The van der Waals surface area contributed by atoms with E-state index in [1.165, 1.54) is 31.9 Å². The van der Waals surface area contributed by atoms with E-state index in [0.29, 0.717) is 0 Å². The molecule has 1 aromatic rings. The Kier molecular flexibility index (Phi) is 7.68. The fourth-order valence-electron chi connectivity index (χ4n) is 2.85. The van der Waals surface area contributed by atoms with E-state index in [4.69, 9.17) is 4.74 Å². The summed E-state index contributed by atoms with van der Waals surface area (Å²) in [6, 6.07) is 6.11. The largest absolute Gasteiger partial charge is 0.449 e. The summed E-state index contributed by atoms with van der Waals surface area (Å²) in [4.78, 5) is 24.6. The number of hydrogen-bond acceptors (Lipinski definition) is 4. The van der Waals surface area contributed by atoms with E-state index in [0.717, 1.165) is 25.7 Å². The van der Waals surface area contributed by atoms with Gasteiger partial charge in [0.25, 0.3) is 11.7 Å². The Hall–Kier alpha value is -1.63. The third-order valence-corrected chi connectivity index (χ3v) is 4.97. The van der Waals surface area contributed by atoms with Gasteiger partial charge in [-0.2, -0.15) is 8.78 Å². The summed E-state index contributed by atoms with van der Waals surface area (Å²) in [6.45, 7) is 1.49. The fourth-order valence-corrected chi connectivity index (χ4v) is 3.48. The van der Waals surface area contributed by atoms with Gasteiger partial charge in [-0.1, -0.05) is 49.6 Å². The van der Waals surface area contributed by atoms with Crippen molar-refractivity contribution in [1.29, 1.82) is 0 Å². The number of halogens is 2. The van der Waals surface area contributed by atoms with Crippen molar-refractivity contribution in [2.24, 2.45) is 0 Å². The lowest BCUT2D eigenvalue weighted by Crippen LogP contribution is -2.41. The van der Waals surface area contributed by atoms with Gasteiger partial charge >= 0.3 is 5.97 Å². The number of thioether (sulfide) groups is 1. The van der Waals surface area contributed by atoms with Crippen molar-refractivity contribution >= 4 is 23.6 Å². The second-order valence-corrected chi connectivity index (χ2v) is 7.15. The Labute approximate surface area is 150 Å². The van der Waals surface area contributed by atoms with Crippen molar-refractivity contribution < 1.29 is 23.1 Å². The first-order valence-electron chi connectivity index (χ1n) is 8.52. The number of alkyl halides is 2. The minimum atomic E-state index is -2.63. The average Bonchev–Trinajstić information content (AvgIpc) is 2.83. The van der Waals surface area contributed by atoms with E-state index < -0.39 is 17.8 Å². The zero-order valence-corrected chi connectivity index (χ0v) is 15.0. The van der Waals surface area contributed by atoms with Crippen LogP contribution >= 0.6 is 11.8 Å². The van der Waals surface area contributed by atoms with E-state index in [-0.39, 0.29) is 34.2 Å². The normalized spacial score (nSPS) is 17.0. The van der Waals surface area contributed by atoms with Gasteiger partial charge in [0.1, 0.15) is 0 Å². The number of ether oxygens (including phenoxy) is 1. The summed E-state index contributed by atoms with van der Waals surface area (Å²) in [5.41, 5.74) is 0.0434. The van der Waals surface area contributed by atoms with E-state index in [2.05, 4.69) is 5.32 Å². The topological polar surface area (TPSA) is 55.4 Å². The first kappa shape index (κ1) is 19.7. The maximum absolute atomic E-state index is 12.6. The van der Waals surface area contributed by atoms with Crippen molar-refractivity contribution in [3.05, 3.63) is 29.8 Å². The molecule has 0 aliphatic heterocycles. The number of carbonyl (C=O) groups is 2. The summed E-state index contributed by atoms with van der Waals surface area (Å²) in [7, 11) is 0. The van der Waals surface area contributed by atoms with Crippen molar-refractivity contribution in [1.82, 2.24) is 5.32 Å². The van der Waals surface area contributed by atoms with Crippen LogP contribution in [0, 0.1) is 0 Å². The molecule has 1 N–H and O–H groups in total. The lowest BCUT2D eigenvalue weighted by Gasteiger charge is -2.20. The average molecular weight is 371 g/mol. The van der Waals surface area contributed by atoms with E-state index >= 15 is 0 Å². The molecule has 1 aliphatic rings. The van der Waals surface area contributed by atoms with E-state index in [1.807, 2.05) is 0 Å². The fraction of sp³-hybridized carbons (Fsp3) is 0.556. The molecule has 25 heavy (non-hydrogen) atoms. The van der Waals surface area contributed by atoms with Crippen LogP contribution in [0.4, 0.5) is 8.78 Å². The molecule has 0 spiro atoms. The van der Waals surface area contributed by atoms with Crippen LogP contribution in [0.25, 0.3) is 0 Å². The molecule has 7 heteroatoms. The maximum Gasteiger partial charge on any atom is 0.340 e. The second kappa shape index (κ2) is 9.75. The van der Waals surface area contributed by atoms with Gasteiger partial charge in [0, 0.05) is 10.9 Å². The molecule has 0 radical (unpaired) electrons. The zero-order valence-electron chi connectivity index (χ0n) is 14.2. The highest BCUT2D eigenvalue weighted by atomic mass is 32.2. The summed E-state index contributed by atoms with van der Waals surface area (Å²) < 4.78 is 30.4. The van der Waals surface area contributed by atoms with E-state index in [1.54, 1.807) is 12.1 Å². The predicted molar refractivity (Wildman–Crippen MR) is 92.8 cm³/mol. The third-order valence-electron chi connectivity index (χ3n) is 4.18. The Bertz CT molecular complexity index is 589. The summed E-state index contributed by atoms with van der Waals surface area (Å²) >= 11 is 0.285. The Morgan fingerprint density at radius 3 is 2.44 bits per heavy atom. The third kappa shape index (κ3) is 6.30. The molecule has 138 valence electrons. The number of benzene rings is 1. The monoisotopic (exact) mass is 371 g/mol. The standard InChI is InChI=1S/C18H23F2NO3S/c1-12(16(22)21-13-8-4-2-3-5-9-13)24-17(23)14-10-6-7-11-15(14)25-18(19)20/h6-7,10-13,18H,2-5,8-9H2,1H3,(H,21,22)/t12-/m0/s1. The molecular formula is C18H23F2NO3S. The molecule has 0 bridgehead atoms. The summed E-state index contributed by atoms with van der Waals surface area (Å²) in [6.07, 6.45) is 5.40. The second-order valence-electron chi connectivity index (χ2n) is 6.12.